The van der Waals surface area contributed by atoms with E-state index in [0.717, 1.165) is 18.7 Å². The summed E-state index contributed by atoms with van der Waals surface area (Å²) < 4.78 is 2.02. The van der Waals surface area contributed by atoms with Crippen LogP contribution in [-0.2, 0) is 24.2 Å². The molecule has 0 atom stereocenters. The van der Waals surface area contributed by atoms with E-state index in [4.69, 9.17) is 0 Å². The van der Waals surface area contributed by atoms with Gasteiger partial charge in [0.25, 0.3) is 5.82 Å². The Kier molecular flexibility index (Phi) is 4.38. The molecule has 20 heavy (non-hydrogen) atoms. The summed E-state index contributed by atoms with van der Waals surface area (Å²) in [5, 5.41) is 0. The topological polar surface area (TPSA) is 36.7 Å². The second kappa shape index (κ2) is 6.04. The summed E-state index contributed by atoms with van der Waals surface area (Å²) in [5.74, 6) is 1.36. The van der Waals surface area contributed by atoms with Gasteiger partial charge in [-0.15, -0.1) is 0 Å². The Morgan fingerprint density at radius 2 is 1.85 bits per heavy atom. The third-order valence-corrected chi connectivity index (χ3v) is 3.49. The Morgan fingerprint density at radius 3 is 2.50 bits per heavy atom. The number of hydrogen-bond acceptors (Lipinski definition) is 1. The lowest BCUT2D eigenvalue weighted by molar-refractivity contribution is -0.690. The molecule has 2 rings (SSSR count). The molecule has 0 fully saturated rings. The highest BCUT2D eigenvalue weighted by molar-refractivity contribution is 5.82. The Hall–Kier alpha value is -1.90. The summed E-state index contributed by atoms with van der Waals surface area (Å²) in [4.78, 5) is 15.4. The van der Waals surface area contributed by atoms with Gasteiger partial charge in [-0.25, -0.2) is 9.55 Å². The standard InChI is InChI=1S/C17H22N2O/c1-17(2,3)15(20)13-19-12-11-18-16(19)10-9-14-7-5-4-6-8-14/h4-8,11-12H,9-10,13H2,1-3H3/p+1. The van der Waals surface area contributed by atoms with Crippen molar-refractivity contribution in [1.29, 1.82) is 0 Å². The van der Waals surface area contributed by atoms with Gasteiger partial charge in [0, 0.05) is 5.41 Å². The first-order valence-electron chi connectivity index (χ1n) is 7.10. The summed E-state index contributed by atoms with van der Waals surface area (Å²) in [6.07, 6.45) is 5.74. The van der Waals surface area contributed by atoms with Gasteiger partial charge in [-0.3, -0.25) is 4.79 Å². The van der Waals surface area contributed by atoms with E-state index in [1.54, 1.807) is 0 Å². The number of nitrogens with one attached hydrogen (secondary N) is 1. The maximum atomic E-state index is 12.1. The Balaban J connectivity index is 2.00. The number of aromatic amines is 1. The van der Waals surface area contributed by atoms with Crippen LogP contribution < -0.4 is 4.57 Å². The van der Waals surface area contributed by atoms with Gasteiger partial charge in [0.1, 0.15) is 18.9 Å². The van der Waals surface area contributed by atoms with Crippen LogP contribution in [0.5, 0.6) is 0 Å². The smallest absolute Gasteiger partial charge is 0.254 e. The second-order valence-electron chi connectivity index (χ2n) is 6.19. The predicted molar refractivity (Wildman–Crippen MR) is 79.3 cm³/mol. The van der Waals surface area contributed by atoms with Gasteiger partial charge in [0.15, 0.2) is 5.78 Å². The molecule has 0 amide bonds. The molecule has 1 heterocycles. The number of imidazole rings is 1. The molecule has 0 saturated heterocycles. The normalized spacial score (nSPS) is 11.6. The first-order chi connectivity index (χ1) is 9.47. The minimum atomic E-state index is -0.291. The predicted octanol–water partition coefficient (Wildman–Crippen LogP) is 2.70. The van der Waals surface area contributed by atoms with Crippen LogP contribution in [0.2, 0.25) is 0 Å². The monoisotopic (exact) mass is 271 g/mol. The Bertz CT molecular complexity index is 564. The van der Waals surface area contributed by atoms with Gasteiger partial charge in [-0.2, -0.15) is 0 Å². The molecular formula is C17H23N2O+. The van der Waals surface area contributed by atoms with Crippen molar-refractivity contribution >= 4 is 5.78 Å². The number of carbonyl (C=O) groups excluding carboxylic acids is 1. The average Bonchev–Trinajstić information content (AvgIpc) is 2.84. The fraction of sp³-hybridized carbons (Fsp3) is 0.412. The summed E-state index contributed by atoms with van der Waals surface area (Å²) >= 11 is 0. The molecule has 3 heteroatoms. The highest BCUT2D eigenvalue weighted by atomic mass is 16.1. The minimum Gasteiger partial charge on any atom is -0.295 e. The van der Waals surface area contributed by atoms with Crippen molar-refractivity contribution < 1.29 is 9.36 Å². The van der Waals surface area contributed by atoms with Crippen LogP contribution in [0.3, 0.4) is 0 Å². The number of hydrogen-bond donors (Lipinski definition) is 1. The van der Waals surface area contributed by atoms with Crippen LogP contribution in [0.1, 0.15) is 32.2 Å². The van der Waals surface area contributed by atoms with Crippen molar-refractivity contribution in [2.24, 2.45) is 5.41 Å². The maximum Gasteiger partial charge on any atom is 0.254 e. The summed E-state index contributed by atoms with van der Waals surface area (Å²) in [7, 11) is 0. The van der Waals surface area contributed by atoms with Gasteiger partial charge >= 0.3 is 0 Å². The number of ketones is 1. The molecule has 1 N–H and O–H groups in total. The third-order valence-electron chi connectivity index (χ3n) is 3.49. The van der Waals surface area contributed by atoms with Gasteiger partial charge in [-0.1, -0.05) is 51.1 Å². The summed E-state index contributed by atoms with van der Waals surface area (Å²) in [6, 6.07) is 10.4. The molecule has 3 nitrogen and oxygen atoms in total. The molecule has 0 aliphatic heterocycles. The number of rotatable bonds is 5. The van der Waals surface area contributed by atoms with Crippen molar-refractivity contribution in [3.8, 4) is 0 Å². The third kappa shape index (κ3) is 3.80. The average molecular weight is 271 g/mol. The van der Waals surface area contributed by atoms with E-state index in [-0.39, 0.29) is 11.2 Å². The fourth-order valence-corrected chi connectivity index (χ4v) is 2.06. The zero-order valence-corrected chi connectivity index (χ0v) is 12.5. The zero-order valence-electron chi connectivity index (χ0n) is 12.5. The van der Waals surface area contributed by atoms with E-state index in [9.17, 15) is 4.79 Å². The van der Waals surface area contributed by atoms with E-state index >= 15 is 0 Å². The number of Topliss-reactive ketones (excluding diaryl/α,β-unsaturated/α-hetero) is 1. The fourth-order valence-electron chi connectivity index (χ4n) is 2.06. The molecule has 0 unspecified atom stereocenters. The van der Waals surface area contributed by atoms with Crippen LogP contribution >= 0.6 is 0 Å². The summed E-state index contributed by atoms with van der Waals surface area (Å²) in [6.45, 7) is 6.34. The van der Waals surface area contributed by atoms with Crippen molar-refractivity contribution in [3.05, 3.63) is 54.1 Å². The van der Waals surface area contributed by atoms with Crippen LogP contribution in [-0.4, -0.2) is 10.8 Å². The summed E-state index contributed by atoms with van der Waals surface area (Å²) in [5.41, 5.74) is 1.02. The molecule has 0 spiro atoms. The first-order valence-corrected chi connectivity index (χ1v) is 7.10. The van der Waals surface area contributed by atoms with Crippen LogP contribution in [0, 0.1) is 5.41 Å². The van der Waals surface area contributed by atoms with Crippen LogP contribution in [0.4, 0.5) is 0 Å². The molecule has 0 aliphatic rings. The maximum absolute atomic E-state index is 12.1. The quantitative estimate of drug-likeness (QED) is 0.834. The largest absolute Gasteiger partial charge is 0.295 e. The van der Waals surface area contributed by atoms with E-state index in [1.165, 1.54) is 5.56 Å². The SMILES string of the molecule is CC(C)(C)C(=O)C[n+]1cc[nH]c1CCc1ccccc1. The number of nitrogens with zero attached hydrogens (tertiary/aromatic N) is 1. The molecular weight excluding hydrogens is 248 g/mol. The van der Waals surface area contributed by atoms with Crippen molar-refractivity contribution in [2.75, 3.05) is 0 Å². The van der Waals surface area contributed by atoms with E-state index in [0.29, 0.717) is 6.54 Å². The number of H-pyrrole nitrogens is 1. The Morgan fingerprint density at radius 1 is 1.15 bits per heavy atom. The highest BCUT2D eigenvalue weighted by Gasteiger charge is 2.24. The molecule has 2 aromatic rings. The van der Waals surface area contributed by atoms with Gasteiger partial charge in [0.05, 0.1) is 6.42 Å². The molecule has 0 radical (unpaired) electrons. The van der Waals surface area contributed by atoms with Gasteiger partial charge in [0.2, 0.25) is 0 Å². The Labute approximate surface area is 120 Å². The van der Waals surface area contributed by atoms with E-state index < -0.39 is 0 Å². The lowest BCUT2D eigenvalue weighted by Gasteiger charge is -2.15. The van der Waals surface area contributed by atoms with Crippen molar-refractivity contribution in [2.45, 2.75) is 40.2 Å². The lowest BCUT2D eigenvalue weighted by Crippen LogP contribution is -2.43. The van der Waals surface area contributed by atoms with Crippen molar-refractivity contribution in [3.63, 3.8) is 0 Å². The second-order valence-corrected chi connectivity index (χ2v) is 6.19. The highest BCUT2D eigenvalue weighted by Crippen LogP contribution is 2.14. The molecule has 1 aromatic carbocycles. The number of aromatic nitrogens is 2. The van der Waals surface area contributed by atoms with Crippen LogP contribution in [0.25, 0.3) is 0 Å². The number of benzene rings is 1. The molecule has 0 aliphatic carbocycles. The molecule has 106 valence electrons. The van der Waals surface area contributed by atoms with E-state index in [2.05, 4.69) is 29.2 Å². The lowest BCUT2D eigenvalue weighted by atomic mass is 9.91. The van der Waals surface area contributed by atoms with Crippen molar-refractivity contribution in [1.82, 2.24) is 4.98 Å². The van der Waals surface area contributed by atoms with Gasteiger partial charge < -0.3 is 0 Å². The first kappa shape index (κ1) is 14.5. The number of aryl methyl sites for hydroxylation is 2. The molecule has 1 aromatic heterocycles. The van der Waals surface area contributed by atoms with Gasteiger partial charge in [-0.05, 0) is 12.0 Å². The molecule has 0 bridgehead atoms. The van der Waals surface area contributed by atoms with E-state index in [1.807, 2.05) is 43.8 Å². The zero-order chi connectivity index (χ0) is 14.6. The van der Waals surface area contributed by atoms with Crippen LogP contribution in [0.15, 0.2) is 42.7 Å². The molecule has 0 saturated carbocycles. The number of carbonyl (C=O) groups is 1. The minimum absolute atomic E-state index is 0.253.